The zero-order valence-electron chi connectivity index (χ0n) is 8.94. The molecule has 0 radical (unpaired) electrons. The monoisotopic (exact) mass is 215 g/mol. The van der Waals surface area contributed by atoms with E-state index >= 15 is 0 Å². The van der Waals surface area contributed by atoms with E-state index in [1.807, 2.05) is 0 Å². The van der Waals surface area contributed by atoms with Gasteiger partial charge >= 0.3 is 5.97 Å². The van der Waals surface area contributed by atoms with Gasteiger partial charge in [0.1, 0.15) is 6.04 Å². The van der Waals surface area contributed by atoms with Gasteiger partial charge in [-0.15, -0.1) is 0 Å². The van der Waals surface area contributed by atoms with Crippen molar-refractivity contribution in [3.05, 3.63) is 0 Å². The molecule has 1 amide bonds. The summed E-state index contributed by atoms with van der Waals surface area (Å²) in [4.78, 5) is 24.0. The van der Waals surface area contributed by atoms with Crippen LogP contribution in [-0.2, 0) is 14.3 Å². The second kappa shape index (κ2) is 5.70. The highest BCUT2D eigenvalue weighted by Gasteiger charge is 2.31. The number of likely N-dealkylation sites (tertiary alicyclic amines) is 1. The number of hydrogen-bond donors (Lipinski definition) is 1. The van der Waals surface area contributed by atoms with E-state index in [0.29, 0.717) is 19.6 Å². The normalized spacial score (nSPS) is 21.4. The van der Waals surface area contributed by atoms with Crippen LogP contribution in [0.25, 0.3) is 0 Å². The first kappa shape index (κ1) is 12.0. The van der Waals surface area contributed by atoms with Gasteiger partial charge in [-0.2, -0.15) is 0 Å². The van der Waals surface area contributed by atoms with Gasteiger partial charge in [0.15, 0.2) is 0 Å². The molecule has 0 saturated carbocycles. The summed E-state index contributed by atoms with van der Waals surface area (Å²) in [5.74, 6) is -1.02. The van der Waals surface area contributed by atoms with Gasteiger partial charge in [-0.3, -0.25) is 4.79 Å². The molecule has 0 bridgehead atoms. The summed E-state index contributed by atoms with van der Waals surface area (Å²) in [6.07, 6.45) is 2.60. The number of aliphatic carboxylic acids is 1. The number of rotatable bonds is 4. The zero-order chi connectivity index (χ0) is 11.3. The fourth-order valence-electron chi connectivity index (χ4n) is 1.82. The maximum atomic E-state index is 11.7. The lowest BCUT2D eigenvalue weighted by atomic mass is 10.0. The van der Waals surface area contributed by atoms with Crippen LogP contribution in [0.3, 0.4) is 0 Å². The van der Waals surface area contributed by atoms with Gasteiger partial charge in [0.25, 0.3) is 0 Å². The van der Waals surface area contributed by atoms with Gasteiger partial charge in [-0.05, 0) is 19.3 Å². The lowest BCUT2D eigenvalue weighted by Gasteiger charge is -2.32. The number of methoxy groups -OCH3 is 1. The van der Waals surface area contributed by atoms with Crippen LogP contribution in [0.1, 0.15) is 25.7 Å². The smallest absolute Gasteiger partial charge is 0.326 e. The van der Waals surface area contributed by atoms with Crippen LogP contribution in [0, 0.1) is 0 Å². The van der Waals surface area contributed by atoms with Crippen molar-refractivity contribution in [1.82, 2.24) is 4.90 Å². The molecule has 1 fully saturated rings. The summed E-state index contributed by atoms with van der Waals surface area (Å²) >= 11 is 0. The van der Waals surface area contributed by atoms with Crippen molar-refractivity contribution in [2.75, 3.05) is 20.3 Å². The van der Waals surface area contributed by atoms with E-state index in [1.165, 1.54) is 12.0 Å². The molecule has 1 aliphatic rings. The van der Waals surface area contributed by atoms with Gasteiger partial charge in [-0.1, -0.05) is 0 Å². The molecule has 86 valence electrons. The molecule has 0 spiro atoms. The molecule has 1 rings (SSSR count). The number of piperidine rings is 1. The van der Waals surface area contributed by atoms with Crippen molar-refractivity contribution < 1.29 is 19.4 Å². The molecule has 15 heavy (non-hydrogen) atoms. The molecule has 1 atom stereocenters. The fourth-order valence-corrected chi connectivity index (χ4v) is 1.82. The van der Waals surface area contributed by atoms with Crippen LogP contribution in [-0.4, -0.2) is 48.2 Å². The largest absolute Gasteiger partial charge is 0.480 e. The van der Waals surface area contributed by atoms with Crippen LogP contribution in [0.4, 0.5) is 0 Å². The van der Waals surface area contributed by atoms with Crippen molar-refractivity contribution in [3.63, 3.8) is 0 Å². The van der Waals surface area contributed by atoms with Gasteiger partial charge in [0.05, 0.1) is 13.0 Å². The Bertz CT molecular complexity index is 242. The van der Waals surface area contributed by atoms with Crippen molar-refractivity contribution >= 4 is 11.9 Å². The fraction of sp³-hybridized carbons (Fsp3) is 0.800. The third kappa shape index (κ3) is 3.20. The predicted octanol–water partition coefficient (Wildman–Crippen LogP) is 0.489. The van der Waals surface area contributed by atoms with E-state index in [4.69, 9.17) is 9.84 Å². The Morgan fingerprint density at radius 1 is 1.47 bits per heavy atom. The lowest BCUT2D eigenvalue weighted by molar-refractivity contribution is -0.152. The maximum Gasteiger partial charge on any atom is 0.326 e. The second-order valence-corrected chi connectivity index (χ2v) is 3.68. The molecule has 0 aromatic carbocycles. The topological polar surface area (TPSA) is 66.8 Å². The van der Waals surface area contributed by atoms with E-state index in [1.54, 1.807) is 0 Å². The molecule has 1 heterocycles. The second-order valence-electron chi connectivity index (χ2n) is 3.68. The minimum absolute atomic E-state index is 0.121. The number of nitrogens with zero attached hydrogens (tertiary/aromatic N) is 1. The highest BCUT2D eigenvalue weighted by atomic mass is 16.5. The number of carbonyl (C=O) groups is 2. The van der Waals surface area contributed by atoms with Crippen molar-refractivity contribution in [3.8, 4) is 0 Å². The first-order valence-corrected chi connectivity index (χ1v) is 5.18. The predicted molar refractivity (Wildman–Crippen MR) is 53.5 cm³/mol. The van der Waals surface area contributed by atoms with Crippen LogP contribution >= 0.6 is 0 Å². The number of ether oxygens (including phenoxy) is 1. The molecule has 5 heteroatoms. The lowest BCUT2D eigenvalue weighted by Crippen LogP contribution is -2.48. The standard InChI is InChI=1S/C10H17NO4/c1-15-7-5-9(12)11-6-3-2-4-8(11)10(13)14/h8H,2-7H2,1H3,(H,13,14). The highest BCUT2D eigenvalue weighted by molar-refractivity contribution is 5.83. The van der Waals surface area contributed by atoms with Crippen molar-refractivity contribution in [2.24, 2.45) is 0 Å². The Balaban J connectivity index is 2.55. The molecule has 1 aliphatic heterocycles. The van der Waals surface area contributed by atoms with Gasteiger partial charge in [0, 0.05) is 13.7 Å². The Morgan fingerprint density at radius 2 is 2.20 bits per heavy atom. The quantitative estimate of drug-likeness (QED) is 0.741. The molecule has 1 saturated heterocycles. The summed E-state index contributed by atoms with van der Waals surface area (Å²) in [5.41, 5.74) is 0. The third-order valence-electron chi connectivity index (χ3n) is 2.63. The van der Waals surface area contributed by atoms with E-state index < -0.39 is 12.0 Å². The summed E-state index contributed by atoms with van der Waals surface area (Å²) in [6, 6.07) is -0.636. The molecule has 5 nitrogen and oxygen atoms in total. The Kier molecular flexibility index (Phi) is 4.55. The molecular formula is C10H17NO4. The molecular weight excluding hydrogens is 198 g/mol. The van der Waals surface area contributed by atoms with Crippen LogP contribution in [0.2, 0.25) is 0 Å². The number of carbonyl (C=O) groups excluding carboxylic acids is 1. The summed E-state index contributed by atoms with van der Waals surface area (Å²) < 4.78 is 4.80. The Morgan fingerprint density at radius 3 is 2.80 bits per heavy atom. The van der Waals surface area contributed by atoms with Crippen molar-refractivity contribution in [1.29, 1.82) is 0 Å². The Labute approximate surface area is 89.0 Å². The number of hydrogen-bond acceptors (Lipinski definition) is 3. The van der Waals surface area contributed by atoms with Crippen molar-refractivity contribution in [2.45, 2.75) is 31.7 Å². The average Bonchev–Trinajstić information content (AvgIpc) is 2.25. The minimum Gasteiger partial charge on any atom is -0.480 e. The van der Waals surface area contributed by atoms with E-state index in [2.05, 4.69) is 0 Å². The van der Waals surface area contributed by atoms with Gasteiger partial charge in [0.2, 0.25) is 5.91 Å². The van der Waals surface area contributed by atoms with E-state index in [9.17, 15) is 9.59 Å². The van der Waals surface area contributed by atoms with Gasteiger partial charge in [-0.25, -0.2) is 4.79 Å². The highest BCUT2D eigenvalue weighted by Crippen LogP contribution is 2.18. The summed E-state index contributed by atoms with van der Waals surface area (Å²) in [7, 11) is 1.53. The maximum absolute atomic E-state index is 11.7. The summed E-state index contributed by atoms with van der Waals surface area (Å²) in [5, 5.41) is 8.96. The zero-order valence-corrected chi connectivity index (χ0v) is 8.94. The molecule has 0 aliphatic carbocycles. The van der Waals surface area contributed by atoms with Gasteiger partial charge < -0.3 is 14.7 Å². The summed E-state index contributed by atoms with van der Waals surface area (Å²) in [6.45, 7) is 0.904. The number of amides is 1. The molecule has 0 aromatic heterocycles. The van der Waals surface area contributed by atoms with Crippen LogP contribution in [0.15, 0.2) is 0 Å². The molecule has 1 unspecified atom stereocenters. The first-order valence-electron chi connectivity index (χ1n) is 5.18. The SMILES string of the molecule is COCCC(=O)N1CCCCC1C(=O)O. The third-order valence-corrected chi connectivity index (χ3v) is 2.63. The molecule has 0 aromatic rings. The van der Waals surface area contributed by atoms with E-state index in [-0.39, 0.29) is 12.3 Å². The van der Waals surface area contributed by atoms with Crippen LogP contribution < -0.4 is 0 Å². The molecule has 1 N–H and O–H groups in total. The minimum atomic E-state index is -0.902. The van der Waals surface area contributed by atoms with Crippen LogP contribution in [0.5, 0.6) is 0 Å². The number of carboxylic acids is 1. The first-order chi connectivity index (χ1) is 7.16. The average molecular weight is 215 g/mol. The Hall–Kier alpha value is -1.10. The van der Waals surface area contributed by atoms with E-state index in [0.717, 1.165) is 12.8 Å². The number of carboxylic acid groups (broad SMARTS) is 1.